The van der Waals surface area contributed by atoms with E-state index < -0.39 is 0 Å². The van der Waals surface area contributed by atoms with Crippen LogP contribution in [0.25, 0.3) is 0 Å². The highest BCUT2D eigenvalue weighted by molar-refractivity contribution is 9.11. The van der Waals surface area contributed by atoms with E-state index in [1.54, 1.807) is 18.2 Å². The lowest BCUT2D eigenvalue weighted by molar-refractivity contribution is -0.116. The summed E-state index contributed by atoms with van der Waals surface area (Å²) in [6.45, 7) is 0.293. The predicted octanol–water partition coefficient (Wildman–Crippen LogP) is 4.20. The van der Waals surface area contributed by atoms with Crippen LogP contribution in [0.5, 0.6) is 5.75 Å². The third-order valence-corrected chi connectivity index (χ3v) is 3.84. The lowest BCUT2D eigenvalue weighted by Crippen LogP contribution is -2.15. The summed E-state index contributed by atoms with van der Waals surface area (Å²) in [5.41, 5.74) is 7.01. The number of anilines is 2. The molecule has 2 aromatic carbocycles. The molecule has 6 heteroatoms. The number of benzene rings is 2. The second-order valence-electron chi connectivity index (χ2n) is 4.34. The van der Waals surface area contributed by atoms with Crippen molar-refractivity contribution in [2.75, 3.05) is 17.7 Å². The number of rotatable bonds is 5. The Balaban J connectivity index is 1.84. The summed E-state index contributed by atoms with van der Waals surface area (Å²) in [5.74, 6) is 0.545. The normalized spacial score (nSPS) is 10.2. The van der Waals surface area contributed by atoms with Gasteiger partial charge in [-0.15, -0.1) is 0 Å². The van der Waals surface area contributed by atoms with E-state index in [0.29, 0.717) is 18.0 Å². The quantitative estimate of drug-likeness (QED) is 0.722. The van der Waals surface area contributed by atoms with Crippen molar-refractivity contribution in [3.63, 3.8) is 0 Å². The molecule has 0 spiro atoms. The molecule has 0 aromatic heterocycles. The first-order valence-electron chi connectivity index (χ1n) is 6.28. The fourth-order valence-electron chi connectivity index (χ4n) is 1.67. The van der Waals surface area contributed by atoms with Gasteiger partial charge in [-0.25, -0.2) is 0 Å². The van der Waals surface area contributed by atoms with Crippen molar-refractivity contribution in [2.45, 2.75) is 6.42 Å². The molecular weight excluding hydrogens is 400 g/mol. The van der Waals surface area contributed by atoms with E-state index >= 15 is 0 Å². The van der Waals surface area contributed by atoms with E-state index in [1.165, 1.54) is 0 Å². The molecule has 0 radical (unpaired) electrons. The molecule has 3 N–H and O–H groups in total. The number of carbonyl (C=O) groups excluding carboxylic acids is 1. The predicted molar refractivity (Wildman–Crippen MR) is 91.4 cm³/mol. The lowest BCUT2D eigenvalue weighted by atomic mass is 10.3. The number of nitrogens with two attached hydrogens (primary N) is 1. The van der Waals surface area contributed by atoms with Crippen molar-refractivity contribution in [1.82, 2.24) is 0 Å². The van der Waals surface area contributed by atoms with Crippen LogP contribution in [0.2, 0.25) is 0 Å². The van der Waals surface area contributed by atoms with E-state index in [-0.39, 0.29) is 12.3 Å². The van der Waals surface area contributed by atoms with Crippen LogP contribution in [0.1, 0.15) is 6.42 Å². The maximum atomic E-state index is 11.9. The third-order valence-electron chi connectivity index (χ3n) is 2.66. The van der Waals surface area contributed by atoms with Gasteiger partial charge >= 0.3 is 0 Å². The van der Waals surface area contributed by atoms with Crippen LogP contribution < -0.4 is 15.8 Å². The Morgan fingerprint density at radius 3 is 2.76 bits per heavy atom. The summed E-state index contributed by atoms with van der Waals surface area (Å²) in [6.07, 6.45) is 0.258. The average molecular weight is 414 g/mol. The van der Waals surface area contributed by atoms with E-state index in [1.807, 2.05) is 24.3 Å². The van der Waals surface area contributed by atoms with Crippen molar-refractivity contribution in [2.24, 2.45) is 0 Å². The molecular formula is C15H14Br2N2O2. The molecule has 0 saturated carbocycles. The van der Waals surface area contributed by atoms with E-state index in [9.17, 15) is 4.79 Å². The van der Waals surface area contributed by atoms with Crippen LogP contribution in [0.15, 0.2) is 51.4 Å². The molecule has 0 heterocycles. The number of carbonyl (C=O) groups is 1. The summed E-state index contributed by atoms with van der Waals surface area (Å²) in [4.78, 5) is 11.9. The van der Waals surface area contributed by atoms with Gasteiger partial charge in [0.25, 0.3) is 0 Å². The van der Waals surface area contributed by atoms with Crippen LogP contribution in [0, 0.1) is 0 Å². The van der Waals surface area contributed by atoms with Gasteiger partial charge in [0, 0.05) is 20.7 Å². The number of nitrogens with one attached hydrogen (secondary N) is 1. The standard InChI is InChI=1S/C15H14Br2N2O2/c16-10-4-5-13(17)14(8-10)19-15(20)6-7-21-12-3-1-2-11(18)9-12/h1-5,8-9H,6-7,18H2,(H,19,20). The minimum absolute atomic E-state index is 0.113. The molecule has 0 fully saturated rings. The molecule has 2 aromatic rings. The molecule has 0 aliphatic carbocycles. The molecule has 4 nitrogen and oxygen atoms in total. The zero-order chi connectivity index (χ0) is 15.2. The van der Waals surface area contributed by atoms with Crippen molar-refractivity contribution >= 4 is 49.1 Å². The summed E-state index contributed by atoms with van der Waals surface area (Å²) in [6, 6.07) is 12.7. The minimum Gasteiger partial charge on any atom is -0.493 e. The first-order valence-corrected chi connectivity index (χ1v) is 7.86. The molecule has 0 unspecified atom stereocenters. The molecule has 0 bridgehead atoms. The van der Waals surface area contributed by atoms with Gasteiger partial charge in [-0.3, -0.25) is 4.79 Å². The van der Waals surface area contributed by atoms with Crippen LogP contribution in [-0.4, -0.2) is 12.5 Å². The Hall–Kier alpha value is -1.53. The van der Waals surface area contributed by atoms with Gasteiger partial charge in [-0.2, -0.15) is 0 Å². The van der Waals surface area contributed by atoms with Crippen molar-refractivity contribution < 1.29 is 9.53 Å². The van der Waals surface area contributed by atoms with E-state index in [4.69, 9.17) is 10.5 Å². The van der Waals surface area contributed by atoms with Crippen LogP contribution in [0.4, 0.5) is 11.4 Å². The highest BCUT2D eigenvalue weighted by Crippen LogP contribution is 2.26. The van der Waals surface area contributed by atoms with Gasteiger partial charge in [0.05, 0.1) is 18.7 Å². The summed E-state index contributed by atoms with van der Waals surface area (Å²) < 4.78 is 7.22. The summed E-state index contributed by atoms with van der Waals surface area (Å²) in [5, 5.41) is 2.83. The molecule has 0 aliphatic heterocycles. The molecule has 0 atom stereocenters. The number of hydrogen-bond acceptors (Lipinski definition) is 3. The second kappa shape index (κ2) is 7.47. The number of hydrogen-bond donors (Lipinski definition) is 2. The summed E-state index contributed by atoms with van der Waals surface area (Å²) in [7, 11) is 0. The number of nitrogen functional groups attached to an aromatic ring is 1. The van der Waals surface area contributed by atoms with Gasteiger partial charge in [0.15, 0.2) is 0 Å². The Kier molecular flexibility index (Phi) is 5.64. The van der Waals surface area contributed by atoms with Crippen LogP contribution in [-0.2, 0) is 4.79 Å². The number of halogens is 2. The van der Waals surface area contributed by atoms with Gasteiger partial charge in [-0.1, -0.05) is 22.0 Å². The highest BCUT2D eigenvalue weighted by Gasteiger charge is 2.06. The fraction of sp³-hybridized carbons (Fsp3) is 0.133. The third kappa shape index (κ3) is 5.06. The Morgan fingerprint density at radius 2 is 2.00 bits per heavy atom. The zero-order valence-corrected chi connectivity index (χ0v) is 14.3. The average Bonchev–Trinajstić information content (AvgIpc) is 2.43. The largest absolute Gasteiger partial charge is 0.493 e. The second-order valence-corrected chi connectivity index (χ2v) is 6.11. The maximum Gasteiger partial charge on any atom is 0.227 e. The van der Waals surface area contributed by atoms with E-state index in [0.717, 1.165) is 14.6 Å². The zero-order valence-electron chi connectivity index (χ0n) is 11.1. The van der Waals surface area contributed by atoms with Crippen molar-refractivity contribution in [3.05, 3.63) is 51.4 Å². The molecule has 0 aliphatic rings. The van der Waals surface area contributed by atoms with E-state index in [2.05, 4.69) is 37.2 Å². The molecule has 110 valence electrons. The Morgan fingerprint density at radius 1 is 1.19 bits per heavy atom. The topological polar surface area (TPSA) is 64.3 Å². The SMILES string of the molecule is Nc1cccc(OCCC(=O)Nc2cc(Br)ccc2Br)c1. The first-order chi connectivity index (χ1) is 10.0. The molecule has 0 saturated heterocycles. The maximum absolute atomic E-state index is 11.9. The Bertz CT molecular complexity index is 647. The van der Waals surface area contributed by atoms with Gasteiger partial charge in [0.1, 0.15) is 5.75 Å². The lowest BCUT2D eigenvalue weighted by Gasteiger charge is -2.09. The molecule has 21 heavy (non-hydrogen) atoms. The first kappa shape index (κ1) is 15.9. The highest BCUT2D eigenvalue weighted by atomic mass is 79.9. The van der Waals surface area contributed by atoms with Gasteiger partial charge < -0.3 is 15.8 Å². The van der Waals surface area contributed by atoms with Crippen molar-refractivity contribution in [3.8, 4) is 5.75 Å². The number of amides is 1. The fourth-order valence-corrected chi connectivity index (χ4v) is 2.38. The van der Waals surface area contributed by atoms with Crippen molar-refractivity contribution in [1.29, 1.82) is 0 Å². The molecule has 1 amide bonds. The van der Waals surface area contributed by atoms with Crippen LogP contribution in [0.3, 0.4) is 0 Å². The van der Waals surface area contributed by atoms with Gasteiger partial charge in [0.2, 0.25) is 5.91 Å². The van der Waals surface area contributed by atoms with Gasteiger partial charge in [-0.05, 0) is 46.3 Å². The Labute approximate surface area is 139 Å². The summed E-state index contributed by atoms with van der Waals surface area (Å²) >= 11 is 6.76. The number of ether oxygens (including phenoxy) is 1. The smallest absolute Gasteiger partial charge is 0.227 e. The molecule has 2 rings (SSSR count). The minimum atomic E-state index is -0.113. The van der Waals surface area contributed by atoms with Crippen LogP contribution >= 0.6 is 31.9 Å². The monoisotopic (exact) mass is 412 g/mol.